The highest BCUT2D eigenvalue weighted by Crippen LogP contribution is 2.26. The Morgan fingerprint density at radius 3 is 2.61 bits per heavy atom. The Labute approximate surface area is 135 Å². The number of nitrogens with two attached hydrogens (primary N) is 1. The van der Waals surface area contributed by atoms with E-state index in [1.54, 1.807) is 16.8 Å². The van der Waals surface area contributed by atoms with Crippen molar-refractivity contribution in [3.63, 3.8) is 0 Å². The van der Waals surface area contributed by atoms with Crippen molar-refractivity contribution in [2.75, 3.05) is 6.54 Å². The molecule has 1 unspecified atom stereocenters. The van der Waals surface area contributed by atoms with Crippen molar-refractivity contribution in [3.05, 3.63) is 36.2 Å². The lowest BCUT2D eigenvalue weighted by Crippen LogP contribution is -2.45. The molecular weight excluding hydrogens is 292 g/mol. The summed E-state index contributed by atoms with van der Waals surface area (Å²) in [6, 6.07) is 7.26. The van der Waals surface area contributed by atoms with Crippen molar-refractivity contribution in [2.24, 2.45) is 11.7 Å². The number of carbonyl (C=O) groups is 1. The van der Waals surface area contributed by atoms with Crippen molar-refractivity contribution in [1.29, 1.82) is 0 Å². The molecule has 0 aliphatic heterocycles. The molecule has 23 heavy (non-hydrogen) atoms. The third-order valence-corrected chi connectivity index (χ3v) is 4.53. The van der Waals surface area contributed by atoms with Crippen LogP contribution in [0.1, 0.15) is 42.5 Å². The second-order valence-electron chi connectivity index (χ2n) is 6.02. The van der Waals surface area contributed by atoms with E-state index in [4.69, 9.17) is 5.73 Å². The Morgan fingerprint density at radius 2 is 2.00 bits per heavy atom. The lowest BCUT2D eigenvalue weighted by atomic mass is 9.84. The smallest absolute Gasteiger partial charge is 0.251 e. The van der Waals surface area contributed by atoms with Gasteiger partial charge in [-0.25, -0.2) is 4.68 Å². The van der Waals surface area contributed by atoms with Gasteiger partial charge in [0, 0.05) is 18.2 Å². The fraction of sp³-hybridized carbons (Fsp3) is 0.500. The summed E-state index contributed by atoms with van der Waals surface area (Å²) >= 11 is 0. The van der Waals surface area contributed by atoms with Gasteiger partial charge >= 0.3 is 0 Å². The van der Waals surface area contributed by atoms with Crippen LogP contribution < -0.4 is 11.1 Å². The molecule has 7 heteroatoms. The Bertz CT molecular complexity index is 619. The number of aromatic nitrogens is 4. The minimum absolute atomic E-state index is 0.0574. The van der Waals surface area contributed by atoms with Crippen molar-refractivity contribution in [1.82, 2.24) is 25.5 Å². The van der Waals surface area contributed by atoms with Gasteiger partial charge < -0.3 is 11.1 Å². The monoisotopic (exact) mass is 314 g/mol. The summed E-state index contributed by atoms with van der Waals surface area (Å²) in [7, 11) is 0. The fourth-order valence-corrected chi connectivity index (χ4v) is 3.20. The van der Waals surface area contributed by atoms with E-state index in [0.29, 0.717) is 18.0 Å². The Morgan fingerprint density at radius 1 is 1.26 bits per heavy atom. The molecule has 0 saturated heterocycles. The molecule has 1 heterocycles. The number of hydrogen-bond acceptors (Lipinski definition) is 5. The maximum absolute atomic E-state index is 12.4. The number of benzene rings is 1. The van der Waals surface area contributed by atoms with Gasteiger partial charge in [-0.15, -0.1) is 5.10 Å². The molecule has 7 nitrogen and oxygen atoms in total. The predicted molar refractivity (Wildman–Crippen MR) is 86.0 cm³/mol. The van der Waals surface area contributed by atoms with E-state index in [2.05, 4.69) is 20.8 Å². The summed E-state index contributed by atoms with van der Waals surface area (Å²) in [4.78, 5) is 12.4. The summed E-state index contributed by atoms with van der Waals surface area (Å²) in [6.07, 6.45) is 7.58. The first-order chi connectivity index (χ1) is 11.3. The minimum atomic E-state index is -0.0747. The Kier molecular flexibility index (Phi) is 4.97. The number of rotatable bonds is 5. The van der Waals surface area contributed by atoms with Gasteiger partial charge in [0.1, 0.15) is 6.33 Å². The first-order valence-corrected chi connectivity index (χ1v) is 8.12. The molecule has 1 aliphatic carbocycles. The van der Waals surface area contributed by atoms with Crippen LogP contribution in [0.2, 0.25) is 0 Å². The molecular formula is C16H22N6O. The summed E-state index contributed by atoms with van der Waals surface area (Å²) in [5, 5.41) is 14.1. The number of hydrogen-bond donors (Lipinski definition) is 2. The van der Waals surface area contributed by atoms with E-state index in [0.717, 1.165) is 18.5 Å². The van der Waals surface area contributed by atoms with Crippen LogP contribution >= 0.6 is 0 Å². The lowest BCUT2D eigenvalue weighted by Gasteiger charge is -2.30. The number of amides is 1. The molecule has 122 valence electrons. The standard InChI is InChI=1S/C16H22N6O/c17-10-15(12-4-2-1-3-5-12)19-16(23)13-6-8-14(9-7-13)22-11-18-20-21-22/h6-9,11-12,15H,1-5,10,17H2,(H,19,23). The van der Waals surface area contributed by atoms with Crippen LogP contribution in [0.3, 0.4) is 0 Å². The average molecular weight is 314 g/mol. The van der Waals surface area contributed by atoms with Crippen LogP contribution in [-0.4, -0.2) is 38.7 Å². The molecule has 0 bridgehead atoms. The summed E-state index contributed by atoms with van der Waals surface area (Å²) < 4.78 is 1.55. The molecule has 3 N–H and O–H groups in total. The van der Waals surface area contributed by atoms with E-state index in [1.165, 1.54) is 25.6 Å². The van der Waals surface area contributed by atoms with Gasteiger partial charge in [-0.3, -0.25) is 4.79 Å². The van der Waals surface area contributed by atoms with Crippen molar-refractivity contribution >= 4 is 5.91 Å². The molecule has 1 fully saturated rings. The molecule has 1 saturated carbocycles. The summed E-state index contributed by atoms with van der Waals surface area (Å²) in [5.74, 6) is 0.424. The SMILES string of the molecule is NCC(NC(=O)c1ccc(-n2cnnn2)cc1)C1CCCCC1. The van der Waals surface area contributed by atoms with Crippen molar-refractivity contribution in [2.45, 2.75) is 38.1 Å². The van der Waals surface area contributed by atoms with E-state index in [-0.39, 0.29) is 11.9 Å². The topological polar surface area (TPSA) is 98.7 Å². The molecule has 1 atom stereocenters. The third kappa shape index (κ3) is 3.73. The maximum atomic E-state index is 12.4. The predicted octanol–water partition coefficient (Wildman–Crippen LogP) is 1.30. The van der Waals surface area contributed by atoms with Gasteiger partial charge in [0.05, 0.1) is 5.69 Å². The van der Waals surface area contributed by atoms with Crippen molar-refractivity contribution in [3.8, 4) is 5.69 Å². The zero-order chi connectivity index (χ0) is 16.1. The van der Waals surface area contributed by atoms with Gasteiger partial charge in [-0.2, -0.15) is 0 Å². The highest BCUT2D eigenvalue weighted by molar-refractivity contribution is 5.94. The normalized spacial score (nSPS) is 16.9. The second-order valence-corrected chi connectivity index (χ2v) is 6.02. The van der Waals surface area contributed by atoms with Crippen LogP contribution in [0.4, 0.5) is 0 Å². The number of tetrazole rings is 1. The van der Waals surface area contributed by atoms with Crippen LogP contribution in [0, 0.1) is 5.92 Å². The van der Waals surface area contributed by atoms with Crippen molar-refractivity contribution < 1.29 is 4.79 Å². The zero-order valence-electron chi connectivity index (χ0n) is 13.1. The number of nitrogens with zero attached hydrogens (tertiary/aromatic N) is 4. The zero-order valence-corrected chi connectivity index (χ0v) is 13.1. The van der Waals surface area contributed by atoms with Crippen LogP contribution in [-0.2, 0) is 0 Å². The highest BCUT2D eigenvalue weighted by Gasteiger charge is 2.24. The van der Waals surface area contributed by atoms with Crippen LogP contribution in [0.5, 0.6) is 0 Å². The van der Waals surface area contributed by atoms with Gasteiger partial charge in [0.2, 0.25) is 0 Å². The van der Waals surface area contributed by atoms with E-state index < -0.39 is 0 Å². The molecule has 1 aromatic carbocycles. The van der Waals surface area contributed by atoms with Crippen LogP contribution in [0.15, 0.2) is 30.6 Å². The minimum Gasteiger partial charge on any atom is -0.348 e. The fourth-order valence-electron chi connectivity index (χ4n) is 3.20. The third-order valence-electron chi connectivity index (χ3n) is 4.53. The molecule has 0 spiro atoms. The quantitative estimate of drug-likeness (QED) is 0.866. The molecule has 1 amide bonds. The lowest BCUT2D eigenvalue weighted by molar-refractivity contribution is 0.0915. The highest BCUT2D eigenvalue weighted by atomic mass is 16.1. The maximum Gasteiger partial charge on any atom is 0.251 e. The Hall–Kier alpha value is -2.28. The van der Waals surface area contributed by atoms with Gasteiger partial charge in [0.25, 0.3) is 5.91 Å². The molecule has 1 aliphatic rings. The van der Waals surface area contributed by atoms with Crippen LogP contribution in [0.25, 0.3) is 5.69 Å². The molecule has 0 radical (unpaired) electrons. The second kappa shape index (κ2) is 7.32. The summed E-state index contributed by atoms with van der Waals surface area (Å²) in [5.41, 5.74) is 7.31. The van der Waals surface area contributed by atoms with E-state index in [1.807, 2.05) is 12.1 Å². The number of carbonyl (C=O) groups excluding carboxylic acids is 1. The largest absolute Gasteiger partial charge is 0.348 e. The summed E-state index contributed by atoms with van der Waals surface area (Å²) in [6.45, 7) is 0.485. The first kappa shape index (κ1) is 15.6. The molecule has 3 rings (SSSR count). The van der Waals surface area contributed by atoms with Gasteiger partial charge in [-0.1, -0.05) is 19.3 Å². The van der Waals surface area contributed by atoms with E-state index >= 15 is 0 Å². The first-order valence-electron chi connectivity index (χ1n) is 8.12. The molecule has 1 aromatic heterocycles. The molecule has 2 aromatic rings. The number of nitrogens with one attached hydrogen (secondary N) is 1. The average Bonchev–Trinajstić information content (AvgIpc) is 3.15. The Balaban J connectivity index is 1.65. The van der Waals surface area contributed by atoms with Gasteiger partial charge in [0.15, 0.2) is 0 Å². The van der Waals surface area contributed by atoms with Gasteiger partial charge in [-0.05, 0) is 53.5 Å². The van der Waals surface area contributed by atoms with E-state index in [9.17, 15) is 4.79 Å².